The second-order valence-electron chi connectivity index (χ2n) is 5.22. The van der Waals surface area contributed by atoms with Gasteiger partial charge in [0.1, 0.15) is 0 Å². The molecular weight excluding hydrogens is 308 g/mol. The highest BCUT2D eigenvalue weighted by Crippen LogP contribution is 2.32. The molecule has 0 atom stereocenters. The van der Waals surface area contributed by atoms with Gasteiger partial charge in [-0.05, 0) is 18.9 Å². The van der Waals surface area contributed by atoms with Gasteiger partial charge in [0.25, 0.3) is 5.91 Å². The molecule has 0 bridgehead atoms. The van der Waals surface area contributed by atoms with Crippen LogP contribution >= 0.6 is 11.3 Å². The summed E-state index contributed by atoms with van der Waals surface area (Å²) in [6, 6.07) is 10.0. The van der Waals surface area contributed by atoms with Gasteiger partial charge >= 0.3 is 0 Å². The molecule has 3 aromatic rings. The number of rotatable bonds is 6. The highest BCUT2D eigenvalue weighted by atomic mass is 32.1. The Morgan fingerprint density at radius 2 is 2.13 bits per heavy atom. The molecule has 2 aromatic heterocycles. The minimum Gasteiger partial charge on any atom is -0.352 e. The SMILES string of the molecule is Cc1scc(C(=O)NCCCn2ccnn2)c1-c1ccccc1. The van der Waals surface area contributed by atoms with Crippen LogP contribution in [0.2, 0.25) is 0 Å². The van der Waals surface area contributed by atoms with Crippen molar-refractivity contribution in [3.05, 3.63) is 58.5 Å². The Kier molecular flexibility index (Phi) is 4.83. The summed E-state index contributed by atoms with van der Waals surface area (Å²) in [5.41, 5.74) is 2.86. The van der Waals surface area contributed by atoms with Gasteiger partial charge in [-0.3, -0.25) is 9.48 Å². The van der Waals surface area contributed by atoms with Crippen molar-refractivity contribution < 1.29 is 4.79 Å². The Balaban J connectivity index is 1.64. The number of hydrogen-bond acceptors (Lipinski definition) is 4. The van der Waals surface area contributed by atoms with Gasteiger partial charge < -0.3 is 5.32 Å². The first-order chi connectivity index (χ1) is 11.3. The quantitative estimate of drug-likeness (QED) is 0.708. The average Bonchev–Trinajstić information content (AvgIpc) is 3.21. The molecule has 0 aliphatic heterocycles. The van der Waals surface area contributed by atoms with Crippen LogP contribution in [0.3, 0.4) is 0 Å². The molecule has 0 radical (unpaired) electrons. The van der Waals surface area contributed by atoms with Gasteiger partial charge in [-0.25, -0.2) is 0 Å². The number of nitrogens with one attached hydrogen (secondary N) is 1. The third-order valence-corrected chi connectivity index (χ3v) is 4.51. The Hall–Kier alpha value is -2.47. The van der Waals surface area contributed by atoms with Crippen LogP contribution in [0.25, 0.3) is 11.1 Å². The molecule has 23 heavy (non-hydrogen) atoms. The van der Waals surface area contributed by atoms with E-state index in [-0.39, 0.29) is 5.91 Å². The minimum absolute atomic E-state index is 0.0215. The lowest BCUT2D eigenvalue weighted by Crippen LogP contribution is -2.25. The van der Waals surface area contributed by atoms with Crippen LogP contribution in [-0.2, 0) is 6.54 Å². The smallest absolute Gasteiger partial charge is 0.252 e. The number of aryl methyl sites for hydroxylation is 2. The van der Waals surface area contributed by atoms with Gasteiger partial charge in [0.15, 0.2) is 0 Å². The summed E-state index contributed by atoms with van der Waals surface area (Å²) in [5.74, 6) is -0.0215. The third kappa shape index (κ3) is 3.65. The molecule has 0 saturated heterocycles. The molecule has 1 N–H and O–H groups in total. The van der Waals surface area contributed by atoms with Crippen LogP contribution in [0.1, 0.15) is 21.7 Å². The van der Waals surface area contributed by atoms with Crippen LogP contribution in [0.5, 0.6) is 0 Å². The number of thiophene rings is 1. The molecule has 1 aromatic carbocycles. The van der Waals surface area contributed by atoms with Crippen LogP contribution in [0, 0.1) is 6.92 Å². The first kappa shape index (κ1) is 15.4. The maximum absolute atomic E-state index is 12.5. The van der Waals surface area contributed by atoms with E-state index in [4.69, 9.17) is 0 Å². The number of amides is 1. The summed E-state index contributed by atoms with van der Waals surface area (Å²) >= 11 is 1.61. The van der Waals surface area contributed by atoms with E-state index in [1.807, 2.05) is 41.9 Å². The van der Waals surface area contributed by atoms with Gasteiger partial charge in [-0.15, -0.1) is 16.4 Å². The second-order valence-corrected chi connectivity index (χ2v) is 6.31. The number of hydrogen-bond donors (Lipinski definition) is 1. The van der Waals surface area contributed by atoms with E-state index < -0.39 is 0 Å². The number of benzene rings is 1. The lowest BCUT2D eigenvalue weighted by atomic mass is 10.0. The molecular formula is C17H18N4OS. The van der Waals surface area contributed by atoms with Gasteiger partial charge in [-0.1, -0.05) is 35.5 Å². The van der Waals surface area contributed by atoms with Gasteiger partial charge in [-0.2, -0.15) is 0 Å². The van der Waals surface area contributed by atoms with E-state index in [0.717, 1.165) is 34.5 Å². The first-order valence-corrected chi connectivity index (χ1v) is 8.39. The normalized spacial score (nSPS) is 10.7. The van der Waals surface area contributed by atoms with Gasteiger partial charge in [0.2, 0.25) is 0 Å². The molecule has 2 heterocycles. The fourth-order valence-electron chi connectivity index (χ4n) is 2.48. The van der Waals surface area contributed by atoms with E-state index in [1.165, 1.54) is 0 Å². The fraction of sp³-hybridized carbons (Fsp3) is 0.235. The molecule has 0 fully saturated rings. The highest BCUT2D eigenvalue weighted by molar-refractivity contribution is 7.10. The van der Waals surface area contributed by atoms with Crippen molar-refractivity contribution in [3.63, 3.8) is 0 Å². The molecule has 3 rings (SSSR count). The second kappa shape index (κ2) is 7.19. The summed E-state index contributed by atoms with van der Waals surface area (Å²) in [6.07, 6.45) is 4.29. The van der Waals surface area contributed by atoms with E-state index in [2.05, 4.69) is 22.6 Å². The maximum atomic E-state index is 12.5. The molecule has 5 nitrogen and oxygen atoms in total. The van der Waals surface area contributed by atoms with Crippen LogP contribution in [0.4, 0.5) is 0 Å². The summed E-state index contributed by atoms with van der Waals surface area (Å²) in [4.78, 5) is 13.6. The molecule has 0 spiro atoms. The largest absolute Gasteiger partial charge is 0.352 e. The molecule has 0 saturated carbocycles. The third-order valence-electron chi connectivity index (χ3n) is 3.60. The molecule has 118 valence electrons. The summed E-state index contributed by atoms with van der Waals surface area (Å²) < 4.78 is 1.76. The molecule has 6 heteroatoms. The predicted octanol–water partition coefficient (Wildman–Crippen LogP) is 3.14. The summed E-state index contributed by atoms with van der Waals surface area (Å²) in [6.45, 7) is 3.41. The zero-order valence-corrected chi connectivity index (χ0v) is 13.7. The van der Waals surface area contributed by atoms with Crippen molar-refractivity contribution in [3.8, 4) is 11.1 Å². The fourth-order valence-corrected chi connectivity index (χ4v) is 3.34. The topological polar surface area (TPSA) is 59.8 Å². The summed E-state index contributed by atoms with van der Waals surface area (Å²) in [7, 11) is 0. The Morgan fingerprint density at radius 3 is 2.87 bits per heavy atom. The standard InChI is InChI=1S/C17H18N4OS/c1-13-16(14-6-3-2-4-7-14)15(12-23-13)17(22)18-8-5-10-21-11-9-19-20-21/h2-4,6-7,9,11-12H,5,8,10H2,1H3,(H,18,22). The van der Waals surface area contributed by atoms with Crippen molar-refractivity contribution in [1.82, 2.24) is 20.3 Å². The number of aromatic nitrogens is 3. The zero-order chi connectivity index (χ0) is 16.1. The van der Waals surface area contributed by atoms with E-state index in [0.29, 0.717) is 6.54 Å². The Morgan fingerprint density at radius 1 is 1.30 bits per heavy atom. The number of nitrogens with zero attached hydrogens (tertiary/aromatic N) is 3. The van der Waals surface area contributed by atoms with E-state index >= 15 is 0 Å². The maximum Gasteiger partial charge on any atom is 0.252 e. The van der Waals surface area contributed by atoms with Crippen LogP contribution in [0.15, 0.2) is 48.1 Å². The van der Waals surface area contributed by atoms with Gasteiger partial charge in [0.05, 0.1) is 11.8 Å². The Labute approximate surface area is 139 Å². The molecule has 1 amide bonds. The Bertz CT molecular complexity index is 765. The first-order valence-electron chi connectivity index (χ1n) is 7.51. The number of carbonyl (C=O) groups is 1. The van der Waals surface area contributed by atoms with Crippen molar-refractivity contribution in [1.29, 1.82) is 0 Å². The van der Waals surface area contributed by atoms with Crippen LogP contribution in [-0.4, -0.2) is 27.4 Å². The van der Waals surface area contributed by atoms with Crippen LogP contribution < -0.4 is 5.32 Å². The van der Waals surface area contributed by atoms with E-state index in [1.54, 1.807) is 22.2 Å². The van der Waals surface area contributed by atoms with Crippen molar-refractivity contribution in [2.75, 3.05) is 6.54 Å². The van der Waals surface area contributed by atoms with Gasteiger partial charge in [0, 0.05) is 35.1 Å². The minimum atomic E-state index is -0.0215. The monoisotopic (exact) mass is 326 g/mol. The highest BCUT2D eigenvalue weighted by Gasteiger charge is 2.16. The van der Waals surface area contributed by atoms with Crippen molar-refractivity contribution >= 4 is 17.2 Å². The summed E-state index contributed by atoms with van der Waals surface area (Å²) in [5, 5.41) is 12.6. The average molecular weight is 326 g/mol. The molecule has 0 aliphatic carbocycles. The van der Waals surface area contributed by atoms with Crippen molar-refractivity contribution in [2.24, 2.45) is 0 Å². The molecule has 0 unspecified atom stereocenters. The lowest BCUT2D eigenvalue weighted by molar-refractivity contribution is 0.0953. The van der Waals surface area contributed by atoms with E-state index in [9.17, 15) is 4.79 Å². The number of carbonyl (C=O) groups excluding carboxylic acids is 1. The zero-order valence-electron chi connectivity index (χ0n) is 12.9. The predicted molar refractivity (Wildman–Crippen MR) is 91.5 cm³/mol. The molecule has 0 aliphatic rings. The lowest BCUT2D eigenvalue weighted by Gasteiger charge is -2.08. The van der Waals surface area contributed by atoms with Crippen molar-refractivity contribution in [2.45, 2.75) is 19.9 Å².